The minimum atomic E-state index is -4.48. The second kappa shape index (κ2) is 25.3. The largest absolute Gasteiger partial charge is 0.491 e. The Hall–Kier alpha value is -5.78. The highest BCUT2D eigenvalue weighted by Crippen LogP contribution is 2.39. The van der Waals surface area contributed by atoms with Gasteiger partial charge in [0.2, 0.25) is 10.0 Å². The molecule has 0 aromatic heterocycles. The Morgan fingerprint density at radius 2 is 1.34 bits per heavy atom. The Bertz CT molecular complexity index is 2380. The van der Waals surface area contributed by atoms with E-state index in [0.29, 0.717) is 5.56 Å². The molecule has 3 aliphatic rings. The molecule has 8 N–H and O–H groups in total. The molecule has 77 heavy (non-hydrogen) atoms. The molecule has 27 nitrogen and oxygen atoms in total. The van der Waals surface area contributed by atoms with E-state index >= 15 is 0 Å². The van der Waals surface area contributed by atoms with Crippen LogP contribution in [0.5, 0.6) is 0 Å². The highest BCUT2D eigenvalue weighted by molar-refractivity contribution is 7.89. The van der Waals surface area contributed by atoms with Crippen LogP contribution in [0, 0.1) is 16.0 Å². The average Bonchev–Trinajstić information content (AvgIpc) is 3.24. The molecule has 5 amide bonds. The van der Waals surface area contributed by atoms with E-state index in [1.165, 1.54) is 44.3 Å². The monoisotopic (exact) mass is 1120 g/mol. The molecule has 1 aromatic carbocycles. The number of hydrogen-bond acceptors (Lipinski definition) is 20. The highest BCUT2D eigenvalue weighted by atomic mass is 32.2. The Kier molecular flexibility index (Phi) is 21.0. The summed E-state index contributed by atoms with van der Waals surface area (Å²) in [6, 6.07) is -0.121. The standard InChI is InChI=1S/C49H79N7O20S/c1-45(2,3)73-41(60)50-21-22-77(67,68)54-32-23-31(53-43(62)75-47(7,8)9)33(34(57)37(32)72-39-35(58)38(49(13,64)26-70-39)55(14)44(63)76-48(10,11)12)36-30(52-42(61)74-46(4,5)6)20-19-29(71-36)24-51-40(59)69-25-27-15-17-28(18-16-27)56(65)66/h15-19,30-39,54,57-58,64H,20-26H2,1-14H3,(H,50,60)(H,51,59)(H,52,61)(H,53,62)/t30-,31+,32-,33?,34+,35-,36+,37+,38-,39-,49+/m1/s1. The number of benzene rings is 1. The van der Waals surface area contributed by atoms with Crippen molar-refractivity contribution >= 4 is 46.2 Å². The molecule has 1 unspecified atom stereocenters. The smallest absolute Gasteiger partial charge is 0.410 e. The van der Waals surface area contributed by atoms with Gasteiger partial charge >= 0.3 is 30.5 Å². The Labute approximate surface area is 448 Å². The van der Waals surface area contributed by atoms with Gasteiger partial charge in [-0.05, 0) is 127 Å². The van der Waals surface area contributed by atoms with Crippen LogP contribution in [-0.2, 0) is 54.5 Å². The second-order valence-corrected chi connectivity index (χ2v) is 25.2. The fourth-order valence-corrected chi connectivity index (χ4v) is 9.81. The summed E-state index contributed by atoms with van der Waals surface area (Å²) < 4.78 is 76.7. The zero-order valence-electron chi connectivity index (χ0n) is 46.2. The molecule has 1 saturated carbocycles. The van der Waals surface area contributed by atoms with Gasteiger partial charge in [0, 0.05) is 37.7 Å². The molecule has 28 heteroatoms. The van der Waals surface area contributed by atoms with Gasteiger partial charge in [0.05, 0.1) is 48.1 Å². The van der Waals surface area contributed by atoms with Crippen molar-refractivity contribution in [2.45, 2.75) is 192 Å². The second-order valence-electron chi connectivity index (χ2n) is 23.3. The number of amides is 5. The first-order valence-electron chi connectivity index (χ1n) is 25.0. The first-order valence-corrected chi connectivity index (χ1v) is 26.7. The number of sulfonamides is 1. The molecule has 2 heterocycles. The summed E-state index contributed by atoms with van der Waals surface area (Å²) in [5.41, 5.74) is -5.62. The van der Waals surface area contributed by atoms with Gasteiger partial charge in [-0.2, -0.15) is 0 Å². The molecule has 1 aromatic rings. The van der Waals surface area contributed by atoms with Crippen LogP contribution in [-0.4, -0.2) is 179 Å². The van der Waals surface area contributed by atoms with Crippen LogP contribution in [0.2, 0.25) is 0 Å². The number of carbonyl (C=O) groups is 5. The van der Waals surface area contributed by atoms with E-state index in [9.17, 15) is 57.8 Å². The zero-order valence-corrected chi connectivity index (χ0v) is 47.0. The number of nitrogens with zero attached hydrogens (tertiary/aromatic N) is 2. The van der Waals surface area contributed by atoms with Crippen molar-refractivity contribution in [3.63, 3.8) is 0 Å². The normalized spacial score (nSPS) is 27.1. The van der Waals surface area contributed by atoms with E-state index in [4.69, 9.17) is 37.9 Å². The van der Waals surface area contributed by atoms with Crippen LogP contribution in [0.3, 0.4) is 0 Å². The first kappa shape index (κ1) is 63.8. The number of rotatable bonds is 16. The molecule has 2 fully saturated rings. The lowest BCUT2D eigenvalue weighted by Crippen LogP contribution is -2.71. The molecular weight excluding hydrogens is 1040 g/mol. The van der Waals surface area contributed by atoms with E-state index in [0.717, 1.165) is 4.90 Å². The van der Waals surface area contributed by atoms with E-state index < -0.39 is 160 Å². The SMILES string of the molecule is CN(C(=O)OC(C)(C)C)[C@@H]1[C@@H](O)[C@@H](O[C@H]2[C@H](NS(=O)(=O)CCNC(=O)OC(C)(C)C)C[C@H](NC(=O)OC(C)(C)C)C([C@H]3OC(CNC(=O)OCc4ccc([N+](=O)[O-])cc4)=CC[C@H]3NC(=O)OC(C)(C)C)[C@@H]2O)OC[C@]1(C)O. The lowest BCUT2D eigenvalue weighted by molar-refractivity contribution is -0.384. The lowest BCUT2D eigenvalue weighted by Gasteiger charge is -2.52. The van der Waals surface area contributed by atoms with E-state index in [-0.39, 0.29) is 31.0 Å². The number of alkyl carbamates (subject to hydrolysis) is 4. The van der Waals surface area contributed by atoms with Gasteiger partial charge in [0.15, 0.2) is 6.29 Å². The number of likely N-dealkylation sites (N-methyl/N-ethyl adjacent to an activating group) is 1. The number of nitro groups is 1. The number of non-ortho nitro benzene ring substituents is 1. The van der Waals surface area contributed by atoms with Crippen LogP contribution in [0.25, 0.3) is 0 Å². The van der Waals surface area contributed by atoms with Crippen LogP contribution in [0.4, 0.5) is 29.7 Å². The Morgan fingerprint density at radius 1 is 0.792 bits per heavy atom. The van der Waals surface area contributed by atoms with Gasteiger partial charge in [0.1, 0.15) is 58.7 Å². The third-order valence-electron chi connectivity index (χ3n) is 11.6. The van der Waals surface area contributed by atoms with Crippen LogP contribution >= 0.6 is 0 Å². The summed E-state index contributed by atoms with van der Waals surface area (Å²) in [4.78, 5) is 77.6. The zero-order chi connectivity index (χ0) is 58.2. The predicted octanol–water partition coefficient (Wildman–Crippen LogP) is 3.56. The summed E-state index contributed by atoms with van der Waals surface area (Å²) in [5, 5.41) is 58.0. The minimum absolute atomic E-state index is 0.0500. The third-order valence-corrected chi connectivity index (χ3v) is 13.0. The molecule has 2 aliphatic heterocycles. The van der Waals surface area contributed by atoms with Gasteiger partial charge in [-0.3, -0.25) is 10.1 Å². The molecule has 1 saturated heterocycles. The molecule has 4 rings (SSSR count). The summed E-state index contributed by atoms with van der Waals surface area (Å²) in [6.07, 6.45) is -12.5. The van der Waals surface area contributed by atoms with Gasteiger partial charge in [-0.1, -0.05) is 0 Å². The van der Waals surface area contributed by atoms with Crippen molar-refractivity contribution in [3.8, 4) is 0 Å². The number of nitro benzene ring substituents is 1. The Balaban J connectivity index is 1.79. The fraction of sp³-hybridized carbons (Fsp3) is 0.735. The maximum absolute atomic E-state index is 14.0. The average molecular weight is 1120 g/mol. The fourth-order valence-electron chi connectivity index (χ4n) is 8.63. The van der Waals surface area contributed by atoms with Crippen molar-refractivity contribution < 1.29 is 90.5 Å². The number of ether oxygens (including phenoxy) is 8. The molecule has 0 radical (unpaired) electrons. The molecule has 1 aliphatic carbocycles. The van der Waals surface area contributed by atoms with Crippen molar-refractivity contribution in [2.75, 3.05) is 32.5 Å². The van der Waals surface area contributed by atoms with E-state index in [1.54, 1.807) is 83.1 Å². The Morgan fingerprint density at radius 3 is 1.88 bits per heavy atom. The van der Waals surface area contributed by atoms with E-state index in [2.05, 4.69) is 26.0 Å². The number of aliphatic hydroxyl groups is 3. The molecule has 436 valence electrons. The maximum Gasteiger partial charge on any atom is 0.410 e. The maximum atomic E-state index is 14.0. The molecule has 11 atom stereocenters. The van der Waals surface area contributed by atoms with Gasteiger partial charge < -0.3 is 79.4 Å². The minimum Gasteiger partial charge on any atom is -0.491 e. The molecule has 0 bridgehead atoms. The van der Waals surface area contributed by atoms with Crippen molar-refractivity contribution in [1.82, 2.24) is 30.9 Å². The molecule has 0 spiro atoms. The van der Waals surface area contributed by atoms with Crippen LogP contribution in [0.1, 0.15) is 108 Å². The first-order chi connectivity index (χ1) is 35.2. The lowest BCUT2D eigenvalue weighted by atomic mass is 9.72. The van der Waals surface area contributed by atoms with E-state index in [1.807, 2.05) is 0 Å². The van der Waals surface area contributed by atoms with Crippen LogP contribution < -0.4 is 26.0 Å². The van der Waals surface area contributed by atoms with Gasteiger partial charge in [0.25, 0.3) is 5.69 Å². The number of nitrogens with one attached hydrogen (secondary N) is 5. The van der Waals surface area contributed by atoms with Crippen LogP contribution in [0.15, 0.2) is 36.1 Å². The number of carbonyl (C=O) groups excluding carboxylic acids is 5. The van der Waals surface area contributed by atoms with Crippen molar-refractivity contribution in [2.24, 2.45) is 5.92 Å². The summed E-state index contributed by atoms with van der Waals surface area (Å²) in [7, 11) is -3.21. The summed E-state index contributed by atoms with van der Waals surface area (Å²) in [6.45, 7) is 19.1. The highest BCUT2D eigenvalue weighted by Gasteiger charge is 2.57. The summed E-state index contributed by atoms with van der Waals surface area (Å²) >= 11 is 0. The third kappa shape index (κ3) is 20.2. The molecular formula is C49H79N7O20S. The predicted molar refractivity (Wildman–Crippen MR) is 273 cm³/mol. The topological polar surface area (TPSA) is 361 Å². The number of hydrogen-bond donors (Lipinski definition) is 8. The van der Waals surface area contributed by atoms with Gasteiger partial charge in [-0.15, -0.1) is 0 Å². The van der Waals surface area contributed by atoms with Crippen molar-refractivity contribution in [3.05, 3.63) is 51.8 Å². The van der Waals surface area contributed by atoms with Gasteiger partial charge in [-0.25, -0.2) is 37.1 Å². The number of aliphatic hydroxyl groups excluding tert-OH is 2. The van der Waals surface area contributed by atoms with Crippen molar-refractivity contribution in [1.29, 1.82) is 0 Å². The quantitative estimate of drug-likeness (QED) is 0.0666. The summed E-state index contributed by atoms with van der Waals surface area (Å²) in [5.74, 6) is -2.09.